The molecule has 7 heteroatoms. The molecule has 4 rings (SSSR count). The number of fused-ring (bicyclic) bond motifs is 1. The Kier molecular flexibility index (Phi) is 6.54. The van der Waals surface area contributed by atoms with Gasteiger partial charge in [0, 0.05) is 16.6 Å². The maximum Gasteiger partial charge on any atom is 0.258 e. The van der Waals surface area contributed by atoms with Crippen molar-refractivity contribution in [3.63, 3.8) is 0 Å². The highest BCUT2D eigenvalue weighted by atomic mass is 35.5. The molecule has 0 bridgehead atoms. The Morgan fingerprint density at radius 1 is 1.13 bits per heavy atom. The van der Waals surface area contributed by atoms with Crippen molar-refractivity contribution in [3.8, 4) is 17.1 Å². The van der Waals surface area contributed by atoms with E-state index in [0.717, 1.165) is 31.2 Å². The molecule has 0 saturated heterocycles. The molecule has 0 atom stereocenters. The van der Waals surface area contributed by atoms with Crippen molar-refractivity contribution in [3.05, 3.63) is 62.2 Å². The first-order chi connectivity index (χ1) is 14.9. The van der Waals surface area contributed by atoms with Gasteiger partial charge < -0.3 is 14.5 Å². The highest BCUT2D eigenvalue weighted by molar-refractivity contribution is 6.33. The van der Waals surface area contributed by atoms with E-state index in [1.54, 1.807) is 36.4 Å². The van der Waals surface area contributed by atoms with Gasteiger partial charge in [-0.15, -0.1) is 0 Å². The molecule has 0 aliphatic heterocycles. The Hall–Kier alpha value is -2.50. The zero-order valence-electron chi connectivity index (χ0n) is 17.2. The Morgan fingerprint density at radius 3 is 2.61 bits per heavy atom. The van der Waals surface area contributed by atoms with Crippen molar-refractivity contribution in [2.24, 2.45) is 0 Å². The van der Waals surface area contributed by atoms with Gasteiger partial charge in [0.25, 0.3) is 5.91 Å². The van der Waals surface area contributed by atoms with Gasteiger partial charge in [-0.25, -0.2) is 0 Å². The lowest BCUT2D eigenvalue weighted by molar-refractivity contribution is -0.124. The van der Waals surface area contributed by atoms with Gasteiger partial charge in [0.2, 0.25) is 11.2 Å². The topological polar surface area (TPSA) is 68.5 Å². The van der Waals surface area contributed by atoms with Crippen LogP contribution in [0, 0.1) is 6.92 Å². The highest BCUT2D eigenvalue weighted by Gasteiger charge is 2.22. The van der Waals surface area contributed by atoms with E-state index in [4.69, 9.17) is 32.4 Å². The summed E-state index contributed by atoms with van der Waals surface area (Å²) in [6.45, 7) is 1.54. The molecule has 1 amide bonds. The number of rotatable bonds is 5. The van der Waals surface area contributed by atoms with E-state index in [9.17, 15) is 9.59 Å². The number of aryl methyl sites for hydroxylation is 1. The number of carbonyl (C=O) groups excluding carboxylic acids is 1. The molecule has 1 heterocycles. The second-order valence-corrected chi connectivity index (χ2v) is 8.67. The number of hydrogen-bond donors (Lipinski definition) is 1. The van der Waals surface area contributed by atoms with Crippen LogP contribution in [0.3, 0.4) is 0 Å². The molecule has 2 aromatic carbocycles. The summed E-state index contributed by atoms with van der Waals surface area (Å²) in [5, 5.41) is 4.14. The van der Waals surface area contributed by atoms with Gasteiger partial charge >= 0.3 is 0 Å². The number of nitrogens with one attached hydrogen (secondary N) is 1. The van der Waals surface area contributed by atoms with Crippen LogP contribution in [0.2, 0.25) is 10.0 Å². The lowest BCUT2D eigenvalue weighted by Gasteiger charge is -2.22. The molecular weight excluding hydrogens is 437 g/mol. The molecule has 1 saturated carbocycles. The minimum Gasteiger partial charge on any atom is -0.476 e. The molecule has 1 aliphatic rings. The quantitative estimate of drug-likeness (QED) is 0.515. The van der Waals surface area contributed by atoms with Gasteiger partial charge in [0.05, 0.1) is 10.4 Å². The molecule has 31 heavy (non-hydrogen) atoms. The van der Waals surface area contributed by atoms with Crippen LogP contribution in [-0.4, -0.2) is 18.6 Å². The first-order valence-electron chi connectivity index (χ1n) is 10.4. The van der Waals surface area contributed by atoms with Gasteiger partial charge in [0.1, 0.15) is 5.58 Å². The Bertz CT molecular complexity index is 1180. The molecule has 5 nitrogen and oxygen atoms in total. The Labute approximate surface area is 190 Å². The van der Waals surface area contributed by atoms with E-state index < -0.39 is 5.43 Å². The van der Waals surface area contributed by atoms with Crippen LogP contribution in [0.15, 0.2) is 45.6 Å². The monoisotopic (exact) mass is 459 g/mol. The van der Waals surface area contributed by atoms with Gasteiger partial charge in [0.15, 0.2) is 12.4 Å². The molecule has 1 aliphatic carbocycles. The van der Waals surface area contributed by atoms with Crippen molar-refractivity contribution in [1.29, 1.82) is 0 Å². The van der Waals surface area contributed by atoms with Crippen LogP contribution >= 0.6 is 23.2 Å². The number of halogens is 2. The molecule has 0 radical (unpaired) electrons. The fourth-order valence-electron chi connectivity index (χ4n) is 3.91. The predicted octanol–water partition coefficient (Wildman–Crippen LogP) is 5.90. The largest absolute Gasteiger partial charge is 0.476 e. The number of ether oxygens (including phenoxy) is 1. The lowest BCUT2D eigenvalue weighted by atomic mass is 9.95. The van der Waals surface area contributed by atoms with Gasteiger partial charge in [-0.1, -0.05) is 54.6 Å². The maximum absolute atomic E-state index is 13.3. The minimum atomic E-state index is -0.400. The van der Waals surface area contributed by atoms with E-state index in [2.05, 4.69) is 5.32 Å². The minimum absolute atomic E-state index is 0.0562. The van der Waals surface area contributed by atoms with Crippen molar-refractivity contribution in [2.45, 2.75) is 45.1 Å². The van der Waals surface area contributed by atoms with Crippen LogP contribution in [-0.2, 0) is 4.79 Å². The summed E-state index contributed by atoms with van der Waals surface area (Å²) in [5.74, 6) is -0.131. The molecular formula is C24H23Cl2NO4. The summed E-state index contributed by atoms with van der Waals surface area (Å²) in [4.78, 5) is 25.7. The SMILES string of the molecule is Cc1cc2oc(-c3ccccc3Cl)c(OCC(=O)NC3CCCCC3)c(=O)c2cc1Cl. The molecule has 1 fully saturated rings. The summed E-state index contributed by atoms with van der Waals surface area (Å²) in [7, 11) is 0. The highest BCUT2D eigenvalue weighted by Crippen LogP contribution is 2.36. The first kappa shape index (κ1) is 21.7. The summed E-state index contributed by atoms with van der Waals surface area (Å²) in [5.41, 5.74) is 1.27. The third-order valence-electron chi connectivity index (χ3n) is 5.57. The zero-order chi connectivity index (χ0) is 22.0. The van der Waals surface area contributed by atoms with E-state index in [1.807, 2.05) is 6.92 Å². The van der Waals surface area contributed by atoms with E-state index >= 15 is 0 Å². The first-order valence-corrected chi connectivity index (χ1v) is 11.1. The predicted molar refractivity (Wildman–Crippen MR) is 123 cm³/mol. The molecule has 1 aromatic heterocycles. The smallest absolute Gasteiger partial charge is 0.258 e. The molecule has 162 valence electrons. The second-order valence-electron chi connectivity index (χ2n) is 7.86. The third-order valence-corrected chi connectivity index (χ3v) is 6.30. The third kappa shape index (κ3) is 4.73. The van der Waals surface area contributed by atoms with Crippen molar-refractivity contribution < 1.29 is 13.9 Å². The Balaban J connectivity index is 1.71. The fourth-order valence-corrected chi connectivity index (χ4v) is 4.29. The van der Waals surface area contributed by atoms with Crippen molar-refractivity contribution >= 4 is 40.1 Å². The lowest BCUT2D eigenvalue weighted by Crippen LogP contribution is -2.39. The fraction of sp³-hybridized carbons (Fsp3) is 0.333. The van der Waals surface area contributed by atoms with E-state index in [0.29, 0.717) is 21.2 Å². The molecule has 1 N–H and O–H groups in total. The summed E-state index contributed by atoms with van der Waals surface area (Å²) in [6, 6.07) is 10.4. The van der Waals surface area contributed by atoms with E-state index in [-0.39, 0.29) is 35.5 Å². The zero-order valence-corrected chi connectivity index (χ0v) is 18.7. The average Bonchev–Trinajstić information content (AvgIpc) is 2.75. The van der Waals surface area contributed by atoms with Crippen molar-refractivity contribution in [2.75, 3.05) is 6.61 Å². The van der Waals surface area contributed by atoms with Gasteiger partial charge in [-0.2, -0.15) is 0 Å². The number of amides is 1. The second kappa shape index (κ2) is 9.33. The summed E-state index contributed by atoms with van der Waals surface area (Å²) >= 11 is 12.6. The van der Waals surface area contributed by atoms with Crippen LogP contribution in [0.5, 0.6) is 5.75 Å². The summed E-state index contributed by atoms with van der Waals surface area (Å²) in [6.07, 6.45) is 5.34. The van der Waals surface area contributed by atoms with E-state index in [1.165, 1.54) is 6.42 Å². The Morgan fingerprint density at radius 2 is 1.87 bits per heavy atom. The van der Waals surface area contributed by atoms with Crippen LogP contribution in [0.1, 0.15) is 37.7 Å². The van der Waals surface area contributed by atoms with Crippen LogP contribution < -0.4 is 15.5 Å². The van der Waals surface area contributed by atoms with Gasteiger partial charge in [-0.05, 0) is 49.6 Å². The molecule has 0 unspecified atom stereocenters. The van der Waals surface area contributed by atoms with Crippen LogP contribution in [0.25, 0.3) is 22.3 Å². The standard InChI is InChI=1S/C24H23Cl2NO4/c1-14-11-20-17(12-19(14)26)22(29)24(23(31-20)16-9-5-6-10-18(16)25)30-13-21(28)27-15-7-3-2-4-8-15/h5-6,9-12,15H,2-4,7-8,13H2,1H3,(H,27,28). The van der Waals surface area contributed by atoms with Crippen molar-refractivity contribution in [1.82, 2.24) is 5.32 Å². The number of hydrogen-bond acceptors (Lipinski definition) is 4. The average molecular weight is 460 g/mol. The van der Waals surface area contributed by atoms with Gasteiger partial charge in [-0.3, -0.25) is 9.59 Å². The normalized spacial score (nSPS) is 14.5. The maximum atomic E-state index is 13.3. The molecule has 3 aromatic rings. The number of carbonyl (C=O) groups is 1. The number of benzene rings is 2. The molecule has 0 spiro atoms. The van der Waals surface area contributed by atoms with Crippen LogP contribution in [0.4, 0.5) is 0 Å². The summed E-state index contributed by atoms with van der Waals surface area (Å²) < 4.78 is 11.8.